The summed E-state index contributed by atoms with van der Waals surface area (Å²) in [5.74, 6) is 2.49. The molecule has 0 atom stereocenters. The van der Waals surface area contributed by atoms with Crippen LogP contribution in [0.2, 0.25) is 0 Å². The molecule has 0 amide bonds. The second-order valence-electron chi connectivity index (χ2n) is 7.05. The lowest BCUT2D eigenvalue weighted by atomic mass is 10.2. The average Bonchev–Trinajstić information content (AvgIpc) is 3.44. The van der Waals surface area contributed by atoms with E-state index >= 15 is 0 Å². The molecular formula is C21H24N4O5. The third kappa shape index (κ3) is 4.69. The molecule has 0 radical (unpaired) electrons. The predicted octanol–water partition coefficient (Wildman–Crippen LogP) is 2.44. The van der Waals surface area contributed by atoms with Crippen molar-refractivity contribution in [2.24, 2.45) is 0 Å². The van der Waals surface area contributed by atoms with Crippen molar-refractivity contribution in [1.82, 2.24) is 19.9 Å². The van der Waals surface area contributed by atoms with Crippen molar-refractivity contribution in [2.75, 3.05) is 40.4 Å². The molecule has 1 saturated heterocycles. The summed E-state index contributed by atoms with van der Waals surface area (Å²) < 4.78 is 20.8. The number of hydrogen-bond donors (Lipinski definition) is 0. The number of rotatable bonds is 7. The fraction of sp³-hybridized carbons (Fsp3) is 0.381. The summed E-state index contributed by atoms with van der Waals surface area (Å²) >= 11 is 0. The summed E-state index contributed by atoms with van der Waals surface area (Å²) in [4.78, 5) is 20.6. The number of carbonyl (C=O) groups is 1. The molecule has 0 spiro atoms. The van der Waals surface area contributed by atoms with Gasteiger partial charge in [0, 0.05) is 31.7 Å². The number of ether oxygens (including phenoxy) is 2. The minimum absolute atomic E-state index is 0.232. The molecule has 0 unspecified atom stereocenters. The number of piperazine rings is 1. The number of benzene rings is 1. The maximum atomic E-state index is 11.5. The minimum Gasteiger partial charge on any atom is -0.497 e. The average molecular weight is 412 g/mol. The van der Waals surface area contributed by atoms with Crippen LogP contribution in [0.25, 0.3) is 11.4 Å². The molecule has 30 heavy (non-hydrogen) atoms. The largest absolute Gasteiger partial charge is 0.497 e. The van der Waals surface area contributed by atoms with Gasteiger partial charge in [-0.2, -0.15) is 4.98 Å². The van der Waals surface area contributed by atoms with Crippen LogP contribution in [-0.4, -0.2) is 66.3 Å². The van der Waals surface area contributed by atoms with Crippen molar-refractivity contribution in [3.8, 4) is 17.1 Å². The van der Waals surface area contributed by atoms with Crippen LogP contribution in [0.1, 0.15) is 22.2 Å². The molecule has 3 aromatic rings. The molecule has 0 aliphatic carbocycles. The molecule has 2 aromatic heterocycles. The molecule has 3 heterocycles. The summed E-state index contributed by atoms with van der Waals surface area (Å²) in [6.07, 6.45) is 0. The van der Waals surface area contributed by atoms with E-state index in [2.05, 4.69) is 24.7 Å². The van der Waals surface area contributed by atoms with Crippen molar-refractivity contribution in [3.05, 3.63) is 53.8 Å². The lowest BCUT2D eigenvalue weighted by Crippen LogP contribution is -2.45. The quantitative estimate of drug-likeness (QED) is 0.542. The number of aromatic nitrogens is 2. The van der Waals surface area contributed by atoms with Gasteiger partial charge in [0.15, 0.2) is 0 Å². The Morgan fingerprint density at radius 2 is 1.70 bits per heavy atom. The third-order valence-electron chi connectivity index (χ3n) is 5.07. The van der Waals surface area contributed by atoms with Crippen LogP contribution in [0, 0.1) is 0 Å². The van der Waals surface area contributed by atoms with Crippen LogP contribution in [0.5, 0.6) is 5.75 Å². The zero-order valence-corrected chi connectivity index (χ0v) is 17.0. The SMILES string of the molecule is COC(=O)c1ccc(CN2CCN(Cc3nc(-c4ccc(OC)cc4)no3)CC2)o1. The monoisotopic (exact) mass is 412 g/mol. The summed E-state index contributed by atoms with van der Waals surface area (Å²) in [5, 5.41) is 4.09. The van der Waals surface area contributed by atoms with Gasteiger partial charge in [-0.3, -0.25) is 9.80 Å². The van der Waals surface area contributed by atoms with Crippen molar-refractivity contribution >= 4 is 5.97 Å². The summed E-state index contributed by atoms with van der Waals surface area (Å²) in [7, 11) is 2.97. The molecule has 0 N–H and O–H groups in total. The molecular weight excluding hydrogens is 388 g/mol. The van der Waals surface area contributed by atoms with E-state index in [0.717, 1.165) is 43.3 Å². The van der Waals surface area contributed by atoms with Crippen LogP contribution >= 0.6 is 0 Å². The number of esters is 1. The first-order valence-corrected chi connectivity index (χ1v) is 9.73. The highest BCUT2D eigenvalue weighted by atomic mass is 16.5. The molecule has 9 heteroatoms. The van der Waals surface area contributed by atoms with E-state index in [1.165, 1.54) is 7.11 Å². The third-order valence-corrected chi connectivity index (χ3v) is 5.07. The Bertz CT molecular complexity index is 973. The Morgan fingerprint density at radius 1 is 1.00 bits per heavy atom. The zero-order chi connectivity index (χ0) is 20.9. The van der Waals surface area contributed by atoms with Gasteiger partial charge in [-0.1, -0.05) is 5.16 Å². The number of carbonyl (C=O) groups excluding carboxylic acids is 1. The van der Waals surface area contributed by atoms with Crippen LogP contribution < -0.4 is 4.74 Å². The predicted molar refractivity (Wildman–Crippen MR) is 107 cm³/mol. The molecule has 9 nitrogen and oxygen atoms in total. The Labute approximate surface area is 174 Å². The van der Waals surface area contributed by atoms with Crippen molar-refractivity contribution in [1.29, 1.82) is 0 Å². The first kappa shape index (κ1) is 20.1. The lowest BCUT2D eigenvalue weighted by molar-refractivity contribution is 0.0558. The standard InChI is InChI=1S/C21H24N4O5/c1-27-16-5-3-15(4-6-16)20-22-19(30-23-20)14-25-11-9-24(10-12-25)13-17-7-8-18(29-17)21(26)28-2/h3-8H,9-14H2,1-2H3. The van der Waals surface area contributed by atoms with E-state index in [0.29, 0.717) is 24.8 Å². The zero-order valence-electron chi connectivity index (χ0n) is 17.0. The van der Waals surface area contributed by atoms with E-state index in [-0.39, 0.29) is 5.76 Å². The Hall–Kier alpha value is -3.17. The smallest absolute Gasteiger partial charge is 0.373 e. The number of nitrogens with zero attached hydrogens (tertiary/aromatic N) is 4. The van der Waals surface area contributed by atoms with E-state index in [9.17, 15) is 4.79 Å². The minimum atomic E-state index is -0.459. The molecule has 158 valence electrons. The maximum absolute atomic E-state index is 11.5. The lowest BCUT2D eigenvalue weighted by Gasteiger charge is -2.33. The first-order chi connectivity index (χ1) is 14.6. The van der Waals surface area contributed by atoms with Crippen molar-refractivity contribution < 1.29 is 23.2 Å². The molecule has 0 bridgehead atoms. The van der Waals surface area contributed by atoms with E-state index in [4.69, 9.17) is 13.7 Å². The highest BCUT2D eigenvalue weighted by molar-refractivity contribution is 5.86. The van der Waals surface area contributed by atoms with Gasteiger partial charge in [0.05, 0.1) is 27.3 Å². The van der Waals surface area contributed by atoms with Crippen LogP contribution in [0.3, 0.4) is 0 Å². The highest BCUT2D eigenvalue weighted by Crippen LogP contribution is 2.20. The Balaban J connectivity index is 1.27. The van der Waals surface area contributed by atoms with Crippen molar-refractivity contribution in [2.45, 2.75) is 13.1 Å². The van der Waals surface area contributed by atoms with Gasteiger partial charge in [0.25, 0.3) is 0 Å². The van der Waals surface area contributed by atoms with Crippen molar-refractivity contribution in [3.63, 3.8) is 0 Å². The first-order valence-electron chi connectivity index (χ1n) is 9.73. The maximum Gasteiger partial charge on any atom is 0.373 e. The van der Waals surface area contributed by atoms with Gasteiger partial charge in [0.1, 0.15) is 11.5 Å². The second kappa shape index (κ2) is 9.10. The molecule has 4 rings (SSSR count). The summed E-state index contributed by atoms with van der Waals surface area (Å²) in [6.45, 7) is 4.80. The molecule has 1 aromatic carbocycles. The van der Waals surface area contributed by atoms with E-state index in [1.54, 1.807) is 13.2 Å². The summed E-state index contributed by atoms with van der Waals surface area (Å²) in [5.41, 5.74) is 0.889. The summed E-state index contributed by atoms with van der Waals surface area (Å²) in [6, 6.07) is 11.0. The molecule has 1 aliphatic rings. The Morgan fingerprint density at radius 3 is 2.37 bits per heavy atom. The number of methoxy groups -OCH3 is 2. The van der Waals surface area contributed by atoms with Gasteiger partial charge < -0.3 is 18.4 Å². The molecule has 1 fully saturated rings. The fourth-order valence-corrected chi connectivity index (χ4v) is 3.37. The van der Waals surface area contributed by atoms with E-state index < -0.39 is 5.97 Å². The number of hydrogen-bond acceptors (Lipinski definition) is 9. The van der Waals surface area contributed by atoms with Gasteiger partial charge >= 0.3 is 5.97 Å². The van der Waals surface area contributed by atoms with Gasteiger partial charge in [-0.25, -0.2) is 4.79 Å². The van der Waals surface area contributed by atoms with Gasteiger partial charge in [0.2, 0.25) is 17.5 Å². The van der Waals surface area contributed by atoms with Gasteiger partial charge in [-0.15, -0.1) is 0 Å². The highest BCUT2D eigenvalue weighted by Gasteiger charge is 2.21. The Kier molecular flexibility index (Phi) is 6.10. The topological polar surface area (TPSA) is 94.1 Å². The number of furan rings is 1. The van der Waals surface area contributed by atoms with E-state index in [1.807, 2.05) is 30.3 Å². The van der Waals surface area contributed by atoms with Crippen LogP contribution in [0.15, 0.2) is 45.3 Å². The molecule has 0 saturated carbocycles. The van der Waals surface area contributed by atoms with Crippen LogP contribution in [-0.2, 0) is 17.8 Å². The van der Waals surface area contributed by atoms with Crippen LogP contribution in [0.4, 0.5) is 0 Å². The normalized spacial score (nSPS) is 15.3. The van der Waals surface area contributed by atoms with Gasteiger partial charge in [-0.05, 0) is 36.4 Å². The molecule has 1 aliphatic heterocycles. The fourth-order valence-electron chi connectivity index (χ4n) is 3.37. The second-order valence-corrected chi connectivity index (χ2v) is 7.05.